The van der Waals surface area contributed by atoms with E-state index in [0.29, 0.717) is 11.4 Å². The zero-order chi connectivity index (χ0) is 15.0. The minimum Gasteiger partial charge on any atom is -0.329 e. The Morgan fingerprint density at radius 1 is 1.45 bits per heavy atom. The van der Waals surface area contributed by atoms with Gasteiger partial charge in [0.25, 0.3) is 0 Å². The van der Waals surface area contributed by atoms with Crippen molar-refractivity contribution in [2.45, 2.75) is 56.9 Å². The fourth-order valence-corrected chi connectivity index (χ4v) is 6.20. The highest BCUT2D eigenvalue weighted by molar-refractivity contribution is 7.89. The van der Waals surface area contributed by atoms with E-state index in [1.165, 1.54) is 11.3 Å². The van der Waals surface area contributed by atoms with Crippen LogP contribution in [0, 0.1) is 19.8 Å². The molecule has 1 heterocycles. The number of hydrogen-bond donors (Lipinski definition) is 2. The van der Waals surface area contributed by atoms with Gasteiger partial charge in [-0.3, -0.25) is 0 Å². The third-order valence-electron chi connectivity index (χ3n) is 4.44. The molecule has 2 rings (SSSR count). The van der Waals surface area contributed by atoms with E-state index < -0.39 is 15.6 Å². The molecule has 0 amide bonds. The normalized spacial score (nSPS) is 27.7. The summed E-state index contributed by atoms with van der Waals surface area (Å²) in [5.74, 6) is 0.274. The Hall–Kier alpha value is -0.430. The zero-order valence-electron chi connectivity index (χ0n) is 12.4. The predicted molar refractivity (Wildman–Crippen MR) is 83.5 cm³/mol. The molecule has 6 heteroatoms. The van der Waals surface area contributed by atoms with Crippen LogP contribution in [0.3, 0.4) is 0 Å². The van der Waals surface area contributed by atoms with Gasteiger partial charge < -0.3 is 5.73 Å². The Morgan fingerprint density at radius 3 is 2.65 bits per heavy atom. The van der Waals surface area contributed by atoms with Gasteiger partial charge in [-0.25, -0.2) is 13.1 Å². The van der Waals surface area contributed by atoms with Crippen LogP contribution in [-0.4, -0.2) is 20.5 Å². The van der Waals surface area contributed by atoms with Crippen molar-refractivity contribution in [3.8, 4) is 0 Å². The van der Waals surface area contributed by atoms with Gasteiger partial charge >= 0.3 is 0 Å². The van der Waals surface area contributed by atoms with Gasteiger partial charge in [0.1, 0.15) is 0 Å². The van der Waals surface area contributed by atoms with Gasteiger partial charge in [-0.15, -0.1) is 11.3 Å². The van der Waals surface area contributed by atoms with Gasteiger partial charge in [0, 0.05) is 21.8 Å². The van der Waals surface area contributed by atoms with Crippen molar-refractivity contribution >= 4 is 21.4 Å². The van der Waals surface area contributed by atoms with Crippen molar-refractivity contribution in [1.82, 2.24) is 4.72 Å². The summed E-state index contributed by atoms with van der Waals surface area (Å²) in [6.07, 6.45) is 4.04. The first-order chi connectivity index (χ1) is 9.31. The second kappa shape index (κ2) is 5.75. The molecule has 0 saturated heterocycles. The quantitative estimate of drug-likeness (QED) is 0.896. The van der Waals surface area contributed by atoms with E-state index >= 15 is 0 Å². The predicted octanol–water partition coefficient (Wildman–Crippen LogP) is 2.55. The zero-order valence-corrected chi connectivity index (χ0v) is 14.0. The monoisotopic (exact) mass is 316 g/mol. The number of hydrogen-bond acceptors (Lipinski definition) is 4. The maximum atomic E-state index is 12.7. The van der Waals surface area contributed by atoms with E-state index in [1.54, 1.807) is 6.07 Å². The molecular weight excluding hydrogens is 292 g/mol. The van der Waals surface area contributed by atoms with Crippen molar-refractivity contribution in [1.29, 1.82) is 0 Å². The van der Waals surface area contributed by atoms with Gasteiger partial charge in [-0.1, -0.05) is 19.8 Å². The molecule has 20 heavy (non-hydrogen) atoms. The lowest BCUT2D eigenvalue weighted by Gasteiger charge is -2.42. The summed E-state index contributed by atoms with van der Waals surface area (Å²) in [7, 11) is -3.49. The molecule has 3 N–H and O–H groups in total. The van der Waals surface area contributed by atoms with Crippen LogP contribution in [0.5, 0.6) is 0 Å². The lowest BCUT2D eigenvalue weighted by molar-refractivity contribution is 0.191. The number of rotatable bonds is 4. The van der Waals surface area contributed by atoms with E-state index in [9.17, 15) is 8.42 Å². The first-order valence-electron chi connectivity index (χ1n) is 7.12. The van der Waals surface area contributed by atoms with Crippen LogP contribution in [-0.2, 0) is 10.0 Å². The fourth-order valence-electron chi connectivity index (χ4n) is 3.11. The van der Waals surface area contributed by atoms with Gasteiger partial charge in [-0.2, -0.15) is 0 Å². The van der Waals surface area contributed by atoms with E-state index in [4.69, 9.17) is 5.73 Å². The Kier molecular flexibility index (Phi) is 4.59. The van der Waals surface area contributed by atoms with Crippen molar-refractivity contribution in [2.24, 2.45) is 11.7 Å². The average Bonchev–Trinajstić information content (AvgIpc) is 2.72. The fraction of sp³-hybridized carbons (Fsp3) is 0.714. The summed E-state index contributed by atoms with van der Waals surface area (Å²) in [5.41, 5.74) is 5.45. The first kappa shape index (κ1) is 15.9. The molecule has 2 unspecified atom stereocenters. The summed E-state index contributed by atoms with van der Waals surface area (Å²) in [4.78, 5) is 2.26. The number of nitrogens with two attached hydrogens (primary N) is 1. The maximum Gasteiger partial charge on any atom is 0.242 e. The van der Waals surface area contributed by atoms with Gasteiger partial charge in [0.2, 0.25) is 10.0 Å². The summed E-state index contributed by atoms with van der Waals surface area (Å²) < 4.78 is 28.3. The SMILES string of the molecule is Cc1cc(S(=O)(=O)NC2(CN)CCCCC2C)c(C)s1. The van der Waals surface area contributed by atoms with E-state index in [1.807, 2.05) is 13.8 Å². The van der Waals surface area contributed by atoms with Crippen molar-refractivity contribution < 1.29 is 8.42 Å². The summed E-state index contributed by atoms with van der Waals surface area (Å²) in [6.45, 7) is 6.24. The molecule has 1 saturated carbocycles. The van der Waals surface area contributed by atoms with Crippen molar-refractivity contribution in [3.63, 3.8) is 0 Å². The molecule has 0 bridgehead atoms. The molecule has 0 aliphatic heterocycles. The third-order valence-corrected chi connectivity index (χ3v) is 7.21. The van der Waals surface area contributed by atoms with Gasteiger partial charge in [0.15, 0.2) is 0 Å². The molecule has 1 aliphatic carbocycles. The second-order valence-electron chi connectivity index (χ2n) is 5.89. The minimum atomic E-state index is -3.49. The van der Waals surface area contributed by atoms with Crippen LogP contribution in [0.4, 0.5) is 0 Å². The molecule has 0 radical (unpaired) electrons. The molecule has 1 fully saturated rings. The summed E-state index contributed by atoms with van der Waals surface area (Å²) in [5, 5.41) is 0. The molecule has 0 spiro atoms. The highest BCUT2D eigenvalue weighted by Gasteiger charge is 2.41. The number of nitrogens with one attached hydrogen (secondary N) is 1. The Morgan fingerprint density at radius 2 is 2.15 bits per heavy atom. The molecule has 1 aromatic rings. The van der Waals surface area contributed by atoms with E-state index in [0.717, 1.165) is 35.4 Å². The standard InChI is InChI=1S/C14H24N2O2S2/c1-10-6-4-5-7-14(10,9-15)16-20(17,18)13-8-11(2)19-12(13)3/h8,10,16H,4-7,9,15H2,1-3H3. The highest BCUT2D eigenvalue weighted by Crippen LogP contribution is 2.35. The number of sulfonamides is 1. The van der Waals surface area contributed by atoms with Crippen LogP contribution in [0.1, 0.15) is 42.4 Å². The molecule has 1 aromatic heterocycles. The lowest BCUT2D eigenvalue weighted by Crippen LogP contribution is -2.58. The molecule has 1 aliphatic rings. The van der Waals surface area contributed by atoms with Crippen molar-refractivity contribution in [3.05, 3.63) is 15.8 Å². The van der Waals surface area contributed by atoms with Gasteiger partial charge in [-0.05, 0) is 38.7 Å². The number of aryl methyl sites for hydroxylation is 2. The topological polar surface area (TPSA) is 72.2 Å². The van der Waals surface area contributed by atoms with Crippen molar-refractivity contribution in [2.75, 3.05) is 6.54 Å². The molecule has 114 valence electrons. The van der Waals surface area contributed by atoms with Gasteiger partial charge in [0.05, 0.1) is 4.90 Å². The van der Waals surface area contributed by atoms with Crippen LogP contribution < -0.4 is 10.5 Å². The third kappa shape index (κ3) is 2.93. The number of thiophene rings is 1. The largest absolute Gasteiger partial charge is 0.329 e. The van der Waals surface area contributed by atoms with Crippen LogP contribution >= 0.6 is 11.3 Å². The Labute approximate surface area is 125 Å². The molecule has 2 atom stereocenters. The van der Waals surface area contributed by atoms with Crippen LogP contribution in [0.15, 0.2) is 11.0 Å². The summed E-state index contributed by atoms with van der Waals surface area (Å²) in [6, 6.07) is 1.75. The molecular formula is C14H24N2O2S2. The Balaban J connectivity index is 2.33. The smallest absolute Gasteiger partial charge is 0.242 e. The molecule has 0 aromatic carbocycles. The van der Waals surface area contributed by atoms with Crippen LogP contribution in [0.2, 0.25) is 0 Å². The Bertz CT molecular complexity index is 580. The maximum absolute atomic E-state index is 12.7. The van der Waals surface area contributed by atoms with E-state index in [2.05, 4.69) is 11.6 Å². The highest BCUT2D eigenvalue weighted by atomic mass is 32.2. The second-order valence-corrected chi connectivity index (χ2v) is 9.00. The summed E-state index contributed by atoms with van der Waals surface area (Å²) >= 11 is 1.52. The minimum absolute atomic E-state index is 0.274. The first-order valence-corrected chi connectivity index (χ1v) is 9.42. The average molecular weight is 316 g/mol. The molecule has 4 nitrogen and oxygen atoms in total. The lowest BCUT2D eigenvalue weighted by atomic mass is 9.74. The van der Waals surface area contributed by atoms with Crippen LogP contribution in [0.25, 0.3) is 0 Å². The van der Waals surface area contributed by atoms with E-state index in [-0.39, 0.29) is 5.92 Å².